The number of nitrogens with zero attached hydrogens (tertiary/aromatic N) is 3. The molecule has 4 N–H and O–H groups in total. The number of hydrogen-bond acceptors (Lipinski definition) is 7. The topological polar surface area (TPSA) is 164 Å². The first-order chi connectivity index (χ1) is 23.8. The minimum atomic E-state index is -1.26. The molecule has 13 heteroatoms. The zero-order valence-electron chi connectivity index (χ0n) is 29.7. The highest BCUT2D eigenvalue weighted by atomic mass is 16.5. The van der Waals surface area contributed by atoms with Crippen LogP contribution in [-0.2, 0) is 39.1 Å². The van der Waals surface area contributed by atoms with Crippen LogP contribution < -0.4 is 26.0 Å². The number of likely N-dealkylation sites (N-methyl/N-ethyl adjacent to an activating group) is 1. The molecule has 13 nitrogen and oxygen atoms in total. The standard InChI is InChI=1S/C37H49N7O6/c1-23(2)18-31-37(49)43(5)21-34(46)39-27(19-26-12-8-7-9-13-26)22-50-32-15-11-10-14-29(32)35(47)41-30(20-33(45)40-31)36(48)38-17-16-28-24(3)42-44(6)25(28)4/h7-15,23,27,30-31H,16-22H2,1-6H3,(H,38,48)(H,39,46)(H,40,45)(H,41,47)/t27-,30+,31-/m1/s1. The van der Waals surface area contributed by atoms with Crippen LogP contribution in [0.15, 0.2) is 54.6 Å². The molecule has 268 valence electrons. The average Bonchev–Trinajstić information content (AvgIpc) is 3.31. The molecule has 0 saturated heterocycles. The van der Waals surface area contributed by atoms with Gasteiger partial charge in [-0.3, -0.25) is 28.7 Å². The van der Waals surface area contributed by atoms with Crippen LogP contribution in [0.5, 0.6) is 5.75 Å². The molecule has 0 fully saturated rings. The van der Waals surface area contributed by atoms with Gasteiger partial charge in [-0.05, 0) is 62.3 Å². The van der Waals surface area contributed by atoms with Gasteiger partial charge in [0.1, 0.15) is 24.4 Å². The Balaban J connectivity index is 1.63. The molecule has 2 heterocycles. The molecule has 3 aromatic rings. The van der Waals surface area contributed by atoms with E-state index in [2.05, 4.69) is 26.4 Å². The monoisotopic (exact) mass is 687 g/mol. The van der Waals surface area contributed by atoms with Crippen LogP contribution >= 0.6 is 0 Å². The van der Waals surface area contributed by atoms with Crippen LogP contribution in [0.2, 0.25) is 0 Å². The number of hydrogen-bond donors (Lipinski definition) is 4. The summed E-state index contributed by atoms with van der Waals surface area (Å²) in [5.41, 5.74) is 3.97. The molecule has 5 amide bonds. The number of fused-ring (bicyclic) bond motifs is 1. The van der Waals surface area contributed by atoms with Gasteiger partial charge < -0.3 is 30.9 Å². The van der Waals surface area contributed by atoms with Gasteiger partial charge in [0, 0.05) is 26.3 Å². The fourth-order valence-electron chi connectivity index (χ4n) is 6.04. The number of rotatable bonds is 8. The number of carbonyl (C=O) groups is 5. The van der Waals surface area contributed by atoms with E-state index >= 15 is 0 Å². The first-order valence-corrected chi connectivity index (χ1v) is 17.0. The highest BCUT2D eigenvalue weighted by Gasteiger charge is 2.31. The van der Waals surface area contributed by atoms with Crippen molar-refractivity contribution >= 4 is 29.5 Å². The molecule has 0 spiro atoms. The SMILES string of the molecule is Cc1nn(C)c(C)c1CCNC(=O)[C@@H]1CC(=O)N[C@H](CC(C)C)C(=O)N(C)CC(=O)N[C@H](Cc2ccccc2)COc2ccccc2C(=O)N1. The molecule has 0 radical (unpaired) electrons. The summed E-state index contributed by atoms with van der Waals surface area (Å²) in [6.45, 7) is 7.73. The molecular weight excluding hydrogens is 638 g/mol. The predicted octanol–water partition coefficient (Wildman–Crippen LogP) is 1.99. The molecular formula is C37H49N7O6. The van der Waals surface area contributed by atoms with Crippen LogP contribution in [0, 0.1) is 19.8 Å². The van der Waals surface area contributed by atoms with Gasteiger partial charge in [-0.25, -0.2) is 0 Å². The number of benzene rings is 2. The minimum absolute atomic E-state index is 0.0235. The van der Waals surface area contributed by atoms with Crippen LogP contribution in [0.3, 0.4) is 0 Å². The second-order valence-corrected chi connectivity index (χ2v) is 13.2. The van der Waals surface area contributed by atoms with Crippen LogP contribution in [0.1, 0.15) is 59.6 Å². The van der Waals surface area contributed by atoms with E-state index in [9.17, 15) is 24.0 Å². The Labute approximate surface area is 293 Å². The van der Waals surface area contributed by atoms with Gasteiger partial charge in [0.05, 0.1) is 30.3 Å². The lowest BCUT2D eigenvalue weighted by Gasteiger charge is -2.27. The first kappa shape index (κ1) is 37.6. The van der Waals surface area contributed by atoms with Crippen molar-refractivity contribution in [3.8, 4) is 5.75 Å². The van der Waals surface area contributed by atoms with Gasteiger partial charge >= 0.3 is 0 Å². The van der Waals surface area contributed by atoms with Crippen LogP contribution in [-0.4, -0.2) is 89.1 Å². The summed E-state index contributed by atoms with van der Waals surface area (Å²) in [6.07, 6.45) is 0.831. The van der Waals surface area contributed by atoms with Gasteiger partial charge in [-0.1, -0.05) is 56.3 Å². The van der Waals surface area contributed by atoms with Gasteiger partial charge in [-0.15, -0.1) is 0 Å². The lowest BCUT2D eigenvalue weighted by molar-refractivity contribution is -0.139. The first-order valence-electron chi connectivity index (χ1n) is 17.0. The zero-order valence-corrected chi connectivity index (χ0v) is 29.7. The molecule has 0 unspecified atom stereocenters. The Morgan fingerprint density at radius 3 is 2.34 bits per heavy atom. The molecule has 0 saturated carbocycles. The van der Waals surface area contributed by atoms with E-state index in [4.69, 9.17) is 4.74 Å². The largest absolute Gasteiger partial charge is 0.491 e. The summed E-state index contributed by atoms with van der Waals surface area (Å²) in [6, 6.07) is 13.5. The maximum atomic E-state index is 13.7. The van der Waals surface area contributed by atoms with E-state index in [1.807, 2.05) is 65.1 Å². The van der Waals surface area contributed by atoms with Gasteiger partial charge in [0.25, 0.3) is 5.91 Å². The summed E-state index contributed by atoms with van der Waals surface area (Å²) in [7, 11) is 3.37. The fraction of sp³-hybridized carbons (Fsp3) is 0.459. The summed E-state index contributed by atoms with van der Waals surface area (Å²) in [5, 5.41) is 15.8. The smallest absolute Gasteiger partial charge is 0.255 e. The molecule has 3 atom stereocenters. The number of carbonyl (C=O) groups excluding carboxylic acids is 5. The second kappa shape index (κ2) is 17.5. The molecule has 1 aromatic heterocycles. The molecule has 0 aliphatic carbocycles. The average molecular weight is 688 g/mol. The van der Waals surface area contributed by atoms with Crippen molar-refractivity contribution in [3.05, 3.63) is 82.7 Å². The third kappa shape index (κ3) is 10.4. The van der Waals surface area contributed by atoms with Crippen molar-refractivity contribution in [2.75, 3.05) is 26.7 Å². The fourth-order valence-corrected chi connectivity index (χ4v) is 6.04. The van der Waals surface area contributed by atoms with Crippen molar-refractivity contribution in [1.82, 2.24) is 35.9 Å². The lowest BCUT2D eigenvalue weighted by atomic mass is 10.0. The summed E-state index contributed by atoms with van der Waals surface area (Å²) < 4.78 is 7.92. The molecule has 2 aromatic carbocycles. The minimum Gasteiger partial charge on any atom is -0.491 e. The normalized spacial score (nSPS) is 19.5. The molecule has 50 heavy (non-hydrogen) atoms. The van der Waals surface area contributed by atoms with Crippen molar-refractivity contribution in [2.45, 2.75) is 71.5 Å². The lowest BCUT2D eigenvalue weighted by Crippen LogP contribution is -2.53. The highest BCUT2D eigenvalue weighted by molar-refractivity contribution is 6.01. The van der Waals surface area contributed by atoms with E-state index in [0.717, 1.165) is 22.5 Å². The highest BCUT2D eigenvalue weighted by Crippen LogP contribution is 2.20. The van der Waals surface area contributed by atoms with Crippen molar-refractivity contribution in [3.63, 3.8) is 0 Å². The Bertz CT molecular complexity index is 1670. The number of nitrogens with one attached hydrogen (secondary N) is 4. The van der Waals surface area contributed by atoms with E-state index < -0.39 is 54.1 Å². The number of aromatic nitrogens is 2. The molecule has 1 aliphatic rings. The molecule has 1 aliphatic heterocycles. The van der Waals surface area contributed by atoms with Gasteiger partial charge in [0.15, 0.2) is 0 Å². The number of ether oxygens (including phenoxy) is 1. The number of para-hydroxylation sites is 1. The van der Waals surface area contributed by atoms with Crippen molar-refractivity contribution in [2.24, 2.45) is 13.0 Å². The summed E-state index contributed by atoms with van der Waals surface area (Å²) in [4.78, 5) is 69.0. The maximum absolute atomic E-state index is 13.7. The Hall–Kier alpha value is -5.20. The van der Waals surface area contributed by atoms with Crippen LogP contribution in [0.25, 0.3) is 0 Å². The predicted molar refractivity (Wildman–Crippen MR) is 188 cm³/mol. The number of aryl methyl sites for hydroxylation is 2. The van der Waals surface area contributed by atoms with E-state index in [0.29, 0.717) is 19.3 Å². The Morgan fingerprint density at radius 2 is 1.66 bits per heavy atom. The van der Waals surface area contributed by atoms with Crippen molar-refractivity contribution in [1.29, 1.82) is 0 Å². The molecule has 4 rings (SSSR count). The summed E-state index contributed by atoms with van der Waals surface area (Å²) in [5.74, 6) is -2.33. The second-order valence-electron chi connectivity index (χ2n) is 13.2. The Morgan fingerprint density at radius 1 is 0.960 bits per heavy atom. The third-order valence-corrected chi connectivity index (χ3v) is 8.70. The number of amides is 5. The third-order valence-electron chi connectivity index (χ3n) is 8.70. The molecule has 0 bridgehead atoms. The van der Waals surface area contributed by atoms with E-state index in [1.165, 1.54) is 11.9 Å². The quantitative estimate of drug-likeness (QED) is 0.282. The maximum Gasteiger partial charge on any atom is 0.255 e. The van der Waals surface area contributed by atoms with Crippen LogP contribution in [0.4, 0.5) is 0 Å². The van der Waals surface area contributed by atoms with Gasteiger partial charge in [-0.2, -0.15) is 5.10 Å². The Kier molecular flexibility index (Phi) is 13.1. The zero-order chi connectivity index (χ0) is 36.4. The van der Waals surface area contributed by atoms with Crippen molar-refractivity contribution < 1.29 is 28.7 Å². The van der Waals surface area contributed by atoms with E-state index in [1.54, 1.807) is 28.9 Å². The summed E-state index contributed by atoms with van der Waals surface area (Å²) >= 11 is 0. The van der Waals surface area contributed by atoms with Gasteiger partial charge in [0.2, 0.25) is 23.6 Å². The van der Waals surface area contributed by atoms with E-state index in [-0.39, 0.29) is 36.9 Å².